The third kappa shape index (κ3) is 3.93. The van der Waals surface area contributed by atoms with Gasteiger partial charge in [-0.15, -0.1) is 0 Å². The number of ether oxygens (including phenoxy) is 2. The van der Waals surface area contributed by atoms with E-state index in [1.165, 1.54) is 6.07 Å². The fourth-order valence-electron chi connectivity index (χ4n) is 2.35. The van der Waals surface area contributed by atoms with E-state index in [4.69, 9.17) is 9.47 Å². The van der Waals surface area contributed by atoms with E-state index in [-0.39, 0.29) is 36.9 Å². The Morgan fingerprint density at radius 1 is 1.35 bits per heavy atom. The van der Waals surface area contributed by atoms with Gasteiger partial charge in [-0.2, -0.15) is 0 Å². The highest BCUT2D eigenvalue weighted by atomic mass is 19.1. The van der Waals surface area contributed by atoms with Gasteiger partial charge in [-0.05, 0) is 26.0 Å². The van der Waals surface area contributed by atoms with E-state index >= 15 is 0 Å². The van der Waals surface area contributed by atoms with Crippen molar-refractivity contribution in [2.75, 3.05) is 19.7 Å². The molecule has 4 nitrogen and oxygen atoms in total. The van der Waals surface area contributed by atoms with Crippen LogP contribution in [0.4, 0.5) is 4.39 Å². The van der Waals surface area contributed by atoms with Gasteiger partial charge >= 0.3 is 0 Å². The van der Waals surface area contributed by atoms with Crippen LogP contribution in [0.25, 0.3) is 0 Å². The van der Waals surface area contributed by atoms with Crippen molar-refractivity contribution >= 4 is 5.91 Å². The number of hydrogen-bond acceptors (Lipinski definition) is 3. The van der Waals surface area contributed by atoms with E-state index in [1.54, 1.807) is 23.1 Å². The van der Waals surface area contributed by atoms with Crippen LogP contribution in [-0.2, 0) is 9.53 Å². The standard InChI is InChI=1S/C15H20FNO3/c1-11-9-17(10-12(2)20-11)15(18)7-8-19-14-6-4-3-5-13(14)16/h3-6,11-12H,7-10H2,1-2H3/t11-,12-/m0/s1. The molecule has 5 heteroatoms. The molecule has 0 bridgehead atoms. The number of benzene rings is 1. The van der Waals surface area contributed by atoms with Crippen LogP contribution < -0.4 is 4.74 Å². The lowest BCUT2D eigenvalue weighted by molar-refractivity contribution is -0.143. The van der Waals surface area contributed by atoms with E-state index in [1.807, 2.05) is 13.8 Å². The highest BCUT2D eigenvalue weighted by Gasteiger charge is 2.25. The number of hydrogen-bond donors (Lipinski definition) is 0. The summed E-state index contributed by atoms with van der Waals surface area (Å²) in [6.07, 6.45) is 0.346. The van der Waals surface area contributed by atoms with Crippen LogP contribution in [0.3, 0.4) is 0 Å². The molecule has 1 heterocycles. The predicted molar refractivity (Wildman–Crippen MR) is 73.1 cm³/mol. The number of morpholine rings is 1. The van der Waals surface area contributed by atoms with Crippen LogP contribution in [0.1, 0.15) is 20.3 Å². The molecule has 110 valence electrons. The second-order valence-electron chi connectivity index (χ2n) is 5.08. The maximum Gasteiger partial charge on any atom is 0.226 e. The van der Waals surface area contributed by atoms with Crippen LogP contribution in [0.5, 0.6) is 5.75 Å². The van der Waals surface area contributed by atoms with E-state index < -0.39 is 5.82 Å². The van der Waals surface area contributed by atoms with Gasteiger partial charge in [-0.25, -0.2) is 4.39 Å². The monoisotopic (exact) mass is 281 g/mol. The van der Waals surface area contributed by atoms with Crippen LogP contribution >= 0.6 is 0 Å². The summed E-state index contributed by atoms with van der Waals surface area (Å²) in [4.78, 5) is 13.8. The second kappa shape index (κ2) is 6.70. The third-order valence-corrected chi connectivity index (χ3v) is 3.18. The summed E-state index contributed by atoms with van der Waals surface area (Å²) < 4.78 is 24.2. The first-order chi connectivity index (χ1) is 9.56. The lowest BCUT2D eigenvalue weighted by Crippen LogP contribution is -2.48. The van der Waals surface area contributed by atoms with Crippen molar-refractivity contribution < 1.29 is 18.7 Å². The first kappa shape index (κ1) is 14.8. The number of carbonyl (C=O) groups excluding carboxylic acids is 1. The number of carbonyl (C=O) groups is 1. The summed E-state index contributed by atoms with van der Waals surface area (Å²) >= 11 is 0. The minimum Gasteiger partial charge on any atom is -0.490 e. The quantitative estimate of drug-likeness (QED) is 0.849. The van der Waals surface area contributed by atoms with Crippen molar-refractivity contribution in [1.82, 2.24) is 4.90 Å². The maximum atomic E-state index is 13.3. The van der Waals surface area contributed by atoms with Gasteiger partial charge in [0.2, 0.25) is 5.91 Å². The molecular weight excluding hydrogens is 261 g/mol. The lowest BCUT2D eigenvalue weighted by atomic mass is 10.2. The molecule has 20 heavy (non-hydrogen) atoms. The van der Waals surface area contributed by atoms with Gasteiger partial charge in [-0.1, -0.05) is 12.1 Å². The van der Waals surface area contributed by atoms with Crippen molar-refractivity contribution in [1.29, 1.82) is 0 Å². The van der Waals surface area contributed by atoms with Crippen LogP contribution in [0.2, 0.25) is 0 Å². The largest absolute Gasteiger partial charge is 0.490 e. The van der Waals surface area contributed by atoms with E-state index in [0.29, 0.717) is 13.1 Å². The number of nitrogens with zero attached hydrogens (tertiary/aromatic N) is 1. The first-order valence-corrected chi connectivity index (χ1v) is 6.87. The first-order valence-electron chi connectivity index (χ1n) is 6.87. The van der Waals surface area contributed by atoms with E-state index in [2.05, 4.69) is 0 Å². The second-order valence-corrected chi connectivity index (χ2v) is 5.08. The smallest absolute Gasteiger partial charge is 0.226 e. The van der Waals surface area contributed by atoms with Crippen LogP contribution in [0, 0.1) is 5.82 Å². The lowest BCUT2D eigenvalue weighted by Gasteiger charge is -2.35. The minimum absolute atomic E-state index is 0.0170. The van der Waals surface area contributed by atoms with Gasteiger partial charge in [0.05, 0.1) is 25.2 Å². The number of rotatable bonds is 4. The molecule has 1 saturated heterocycles. The molecule has 1 aromatic carbocycles. The van der Waals surface area contributed by atoms with Crippen LogP contribution in [-0.4, -0.2) is 42.7 Å². The zero-order valence-corrected chi connectivity index (χ0v) is 11.8. The predicted octanol–water partition coefficient (Wildman–Crippen LogP) is 2.23. The summed E-state index contributed by atoms with van der Waals surface area (Å²) in [6.45, 7) is 5.28. The molecule has 1 aliphatic rings. The molecule has 1 fully saturated rings. The highest BCUT2D eigenvalue weighted by Crippen LogP contribution is 2.16. The molecule has 0 spiro atoms. The fourth-order valence-corrected chi connectivity index (χ4v) is 2.35. The summed E-state index contributed by atoms with van der Waals surface area (Å²) in [7, 11) is 0. The molecule has 0 aliphatic carbocycles. The van der Waals surface area contributed by atoms with Crippen LogP contribution in [0.15, 0.2) is 24.3 Å². The molecule has 0 N–H and O–H groups in total. The zero-order valence-electron chi connectivity index (χ0n) is 11.8. The Bertz CT molecular complexity index is 456. The Kier molecular flexibility index (Phi) is 4.95. The highest BCUT2D eigenvalue weighted by molar-refractivity contribution is 5.76. The summed E-state index contributed by atoms with van der Waals surface area (Å²) in [5.74, 6) is -0.207. The molecule has 2 atom stereocenters. The SMILES string of the molecule is C[C@H]1CN(C(=O)CCOc2ccccc2F)C[C@H](C)O1. The number of para-hydroxylation sites is 1. The normalized spacial score (nSPS) is 22.6. The molecule has 0 aromatic heterocycles. The Hall–Kier alpha value is -1.62. The average molecular weight is 281 g/mol. The third-order valence-electron chi connectivity index (χ3n) is 3.18. The van der Waals surface area contributed by atoms with Gasteiger partial charge in [0.25, 0.3) is 0 Å². The Morgan fingerprint density at radius 3 is 2.65 bits per heavy atom. The van der Waals surface area contributed by atoms with E-state index in [0.717, 1.165) is 0 Å². The van der Waals surface area contributed by atoms with Crippen molar-refractivity contribution in [2.24, 2.45) is 0 Å². The van der Waals surface area contributed by atoms with Gasteiger partial charge < -0.3 is 14.4 Å². The van der Waals surface area contributed by atoms with Crippen molar-refractivity contribution in [3.05, 3.63) is 30.1 Å². The van der Waals surface area contributed by atoms with Gasteiger partial charge in [0.15, 0.2) is 11.6 Å². The number of amides is 1. The molecule has 1 amide bonds. The summed E-state index contributed by atoms with van der Waals surface area (Å²) in [5.41, 5.74) is 0. The van der Waals surface area contributed by atoms with Gasteiger partial charge in [0.1, 0.15) is 0 Å². The average Bonchev–Trinajstić information content (AvgIpc) is 2.39. The van der Waals surface area contributed by atoms with Crippen molar-refractivity contribution in [3.8, 4) is 5.75 Å². The van der Waals surface area contributed by atoms with Crippen molar-refractivity contribution in [2.45, 2.75) is 32.5 Å². The number of halogens is 1. The summed E-state index contributed by atoms with van der Waals surface area (Å²) in [5, 5.41) is 0. The molecule has 1 aliphatic heterocycles. The molecule has 1 aromatic rings. The van der Waals surface area contributed by atoms with Crippen molar-refractivity contribution in [3.63, 3.8) is 0 Å². The Morgan fingerprint density at radius 2 is 2.00 bits per heavy atom. The molecule has 0 radical (unpaired) electrons. The fraction of sp³-hybridized carbons (Fsp3) is 0.533. The molecule has 2 rings (SSSR count). The Labute approximate surface area is 118 Å². The van der Waals surface area contributed by atoms with Gasteiger partial charge in [-0.3, -0.25) is 4.79 Å². The zero-order chi connectivity index (χ0) is 14.5. The Balaban J connectivity index is 1.79. The molecule has 0 saturated carbocycles. The minimum atomic E-state index is -0.409. The summed E-state index contributed by atoms with van der Waals surface area (Å²) in [6, 6.07) is 6.19. The van der Waals surface area contributed by atoms with Gasteiger partial charge in [0, 0.05) is 13.1 Å². The topological polar surface area (TPSA) is 38.8 Å². The molecular formula is C15H20FNO3. The molecule has 0 unspecified atom stereocenters. The van der Waals surface area contributed by atoms with E-state index in [9.17, 15) is 9.18 Å². The maximum absolute atomic E-state index is 13.3.